The van der Waals surface area contributed by atoms with Gasteiger partial charge in [0.05, 0.1) is 8.07 Å². The van der Waals surface area contributed by atoms with Crippen LogP contribution in [0.3, 0.4) is 0 Å². The van der Waals surface area contributed by atoms with Crippen LogP contribution in [-0.2, 0) is 0 Å². The molecule has 0 fully saturated rings. The smallest absolute Gasteiger partial charge is 0.0535 e. The number of hydrogen-bond donors (Lipinski definition) is 0. The molecule has 0 heterocycles. The van der Waals surface area contributed by atoms with E-state index in [4.69, 9.17) is 0 Å². The molecule has 0 amide bonds. The highest BCUT2D eigenvalue weighted by Gasteiger charge is 2.29. The Hall–Kier alpha value is 0.217. The molecule has 0 spiro atoms. The Kier molecular flexibility index (Phi) is 8.50. The molecule has 15 heavy (non-hydrogen) atoms. The third-order valence-electron chi connectivity index (χ3n) is 3.59. The molecule has 0 aromatic heterocycles. The van der Waals surface area contributed by atoms with E-state index in [-0.39, 0.29) is 0 Å². The molecule has 0 bridgehead atoms. The first-order valence-corrected chi connectivity index (χ1v) is 9.93. The van der Waals surface area contributed by atoms with Crippen molar-refractivity contribution < 1.29 is 0 Å². The first kappa shape index (κ1) is 15.2. The number of rotatable bonds is 9. The lowest BCUT2D eigenvalue weighted by Gasteiger charge is -2.32. The molecule has 0 atom stereocenters. The Morgan fingerprint density at radius 2 is 1.13 bits per heavy atom. The SMILES string of the molecule is CCC[Si](CCC)(CCC)CCC(C)C. The maximum Gasteiger partial charge on any atom is 0.0535 e. The molecule has 0 saturated carbocycles. The van der Waals surface area contributed by atoms with Gasteiger partial charge in [-0.15, -0.1) is 0 Å². The van der Waals surface area contributed by atoms with Gasteiger partial charge >= 0.3 is 0 Å². The van der Waals surface area contributed by atoms with E-state index in [1.165, 1.54) is 25.7 Å². The second-order valence-corrected chi connectivity index (χ2v) is 10.7. The summed E-state index contributed by atoms with van der Waals surface area (Å²) in [6, 6.07) is 6.35. The Labute approximate surface area is 98.9 Å². The maximum absolute atomic E-state index is 2.38. The molecule has 0 aromatic rings. The summed E-state index contributed by atoms with van der Waals surface area (Å²) >= 11 is 0. The van der Waals surface area contributed by atoms with E-state index in [1.54, 1.807) is 24.2 Å². The molecule has 0 saturated heterocycles. The van der Waals surface area contributed by atoms with Gasteiger partial charge in [-0.3, -0.25) is 0 Å². The first-order chi connectivity index (χ1) is 7.10. The fourth-order valence-electron chi connectivity index (χ4n) is 2.94. The lowest BCUT2D eigenvalue weighted by molar-refractivity contribution is 0.614. The van der Waals surface area contributed by atoms with Gasteiger partial charge in [0.15, 0.2) is 0 Å². The monoisotopic (exact) mass is 228 g/mol. The third kappa shape index (κ3) is 6.39. The summed E-state index contributed by atoms with van der Waals surface area (Å²) in [5.74, 6) is 0.905. The maximum atomic E-state index is 2.38. The minimum Gasteiger partial charge on any atom is -0.0657 e. The molecule has 0 N–H and O–H groups in total. The minimum atomic E-state index is -0.858. The molecule has 0 aliphatic rings. The topological polar surface area (TPSA) is 0 Å². The van der Waals surface area contributed by atoms with Crippen LogP contribution in [0, 0.1) is 5.92 Å². The van der Waals surface area contributed by atoms with Gasteiger partial charge in [0.2, 0.25) is 0 Å². The summed E-state index contributed by atoms with van der Waals surface area (Å²) in [6.45, 7) is 11.9. The molecule has 92 valence electrons. The molecular weight excluding hydrogens is 196 g/mol. The van der Waals surface area contributed by atoms with E-state index in [2.05, 4.69) is 34.6 Å². The van der Waals surface area contributed by atoms with Crippen LogP contribution >= 0.6 is 0 Å². The van der Waals surface area contributed by atoms with Crippen molar-refractivity contribution in [2.24, 2.45) is 5.92 Å². The van der Waals surface area contributed by atoms with E-state index >= 15 is 0 Å². The van der Waals surface area contributed by atoms with Crippen molar-refractivity contribution >= 4 is 8.07 Å². The first-order valence-electron chi connectivity index (χ1n) is 7.10. The van der Waals surface area contributed by atoms with Crippen molar-refractivity contribution in [3.8, 4) is 0 Å². The van der Waals surface area contributed by atoms with E-state index in [1.807, 2.05) is 0 Å². The average Bonchev–Trinajstić information content (AvgIpc) is 2.16. The third-order valence-corrected chi connectivity index (χ3v) is 9.62. The van der Waals surface area contributed by atoms with Gasteiger partial charge in [0, 0.05) is 0 Å². The van der Waals surface area contributed by atoms with Crippen molar-refractivity contribution in [3.05, 3.63) is 0 Å². The van der Waals surface area contributed by atoms with E-state index in [9.17, 15) is 0 Å². The summed E-state index contributed by atoms with van der Waals surface area (Å²) in [7, 11) is -0.858. The van der Waals surface area contributed by atoms with Crippen molar-refractivity contribution in [1.82, 2.24) is 0 Å². The second kappa shape index (κ2) is 8.38. The van der Waals surface area contributed by atoms with Crippen LogP contribution in [-0.4, -0.2) is 8.07 Å². The van der Waals surface area contributed by atoms with Gasteiger partial charge in [-0.05, 0) is 5.92 Å². The molecule has 0 aliphatic carbocycles. The molecule has 1 heteroatoms. The molecule has 0 rings (SSSR count). The lowest BCUT2D eigenvalue weighted by Crippen LogP contribution is -2.33. The average molecular weight is 228 g/mol. The van der Waals surface area contributed by atoms with Crippen molar-refractivity contribution in [1.29, 1.82) is 0 Å². The van der Waals surface area contributed by atoms with Crippen molar-refractivity contribution in [2.75, 3.05) is 0 Å². The predicted molar refractivity (Wildman–Crippen MR) is 75.3 cm³/mol. The van der Waals surface area contributed by atoms with E-state index in [0.29, 0.717) is 0 Å². The van der Waals surface area contributed by atoms with Gasteiger partial charge < -0.3 is 0 Å². The van der Waals surface area contributed by atoms with Crippen molar-refractivity contribution in [2.45, 2.75) is 84.5 Å². The summed E-state index contributed by atoms with van der Waals surface area (Å²) < 4.78 is 0. The van der Waals surface area contributed by atoms with Crippen molar-refractivity contribution in [3.63, 3.8) is 0 Å². The van der Waals surface area contributed by atoms with Gasteiger partial charge in [0.25, 0.3) is 0 Å². The Bertz CT molecular complexity index is 123. The van der Waals surface area contributed by atoms with Crippen LogP contribution in [0.4, 0.5) is 0 Å². The zero-order valence-electron chi connectivity index (χ0n) is 11.7. The standard InChI is InChI=1S/C14H32Si/c1-6-10-15(11-7-2,12-8-3)13-9-14(4)5/h14H,6-13H2,1-5H3. The Balaban J connectivity index is 4.31. The minimum absolute atomic E-state index is 0.858. The van der Waals surface area contributed by atoms with Crippen LogP contribution in [0.2, 0.25) is 24.2 Å². The molecule has 0 radical (unpaired) electrons. The van der Waals surface area contributed by atoms with Crippen LogP contribution in [0.1, 0.15) is 60.3 Å². The lowest BCUT2D eigenvalue weighted by atomic mass is 10.2. The van der Waals surface area contributed by atoms with Gasteiger partial charge in [-0.2, -0.15) is 0 Å². The molecule has 0 nitrogen and oxygen atoms in total. The normalized spacial score (nSPS) is 12.4. The van der Waals surface area contributed by atoms with E-state index in [0.717, 1.165) is 5.92 Å². The highest BCUT2D eigenvalue weighted by molar-refractivity contribution is 6.79. The fourth-order valence-corrected chi connectivity index (χ4v) is 8.81. The summed E-state index contributed by atoms with van der Waals surface area (Å²) in [4.78, 5) is 0. The quantitative estimate of drug-likeness (QED) is 0.443. The summed E-state index contributed by atoms with van der Waals surface area (Å²) in [5, 5.41) is 0. The van der Waals surface area contributed by atoms with Crippen LogP contribution < -0.4 is 0 Å². The summed E-state index contributed by atoms with van der Waals surface area (Å²) in [6.07, 6.45) is 5.74. The predicted octanol–water partition coefficient (Wildman–Crippen LogP) is 5.71. The largest absolute Gasteiger partial charge is 0.0657 e. The zero-order valence-corrected chi connectivity index (χ0v) is 12.7. The molecular formula is C14H32Si. The second-order valence-electron chi connectivity index (χ2n) is 5.68. The zero-order chi connectivity index (χ0) is 11.7. The van der Waals surface area contributed by atoms with Gasteiger partial charge in [0.1, 0.15) is 0 Å². The van der Waals surface area contributed by atoms with Gasteiger partial charge in [-0.1, -0.05) is 84.5 Å². The number of hydrogen-bond acceptors (Lipinski definition) is 0. The fraction of sp³-hybridized carbons (Fsp3) is 1.00. The van der Waals surface area contributed by atoms with E-state index < -0.39 is 8.07 Å². The Morgan fingerprint density at radius 1 is 0.733 bits per heavy atom. The van der Waals surface area contributed by atoms with Crippen LogP contribution in [0.15, 0.2) is 0 Å². The highest BCUT2D eigenvalue weighted by Crippen LogP contribution is 2.32. The molecule has 0 aromatic carbocycles. The highest BCUT2D eigenvalue weighted by atomic mass is 28.3. The molecule has 0 unspecified atom stereocenters. The summed E-state index contributed by atoms with van der Waals surface area (Å²) in [5.41, 5.74) is 0. The van der Waals surface area contributed by atoms with Gasteiger partial charge in [-0.25, -0.2) is 0 Å². The van der Waals surface area contributed by atoms with Crippen LogP contribution in [0.25, 0.3) is 0 Å². The Morgan fingerprint density at radius 3 is 1.40 bits per heavy atom. The molecule has 0 aliphatic heterocycles. The van der Waals surface area contributed by atoms with Crippen LogP contribution in [0.5, 0.6) is 0 Å².